The van der Waals surface area contributed by atoms with Crippen molar-refractivity contribution < 1.29 is 9.53 Å². The van der Waals surface area contributed by atoms with Gasteiger partial charge in [-0.05, 0) is 36.5 Å². The normalized spacial score (nSPS) is 13.8. The van der Waals surface area contributed by atoms with Crippen molar-refractivity contribution in [3.05, 3.63) is 0 Å². The highest BCUT2D eigenvalue weighted by Crippen LogP contribution is 2.23. The van der Waals surface area contributed by atoms with Gasteiger partial charge < -0.3 is 4.74 Å². The van der Waals surface area contributed by atoms with Gasteiger partial charge in [-0.15, -0.1) is 0 Å². The summed E-state index contributed by atoms with van der Waals surface area (Å²) in [5, 5.41) is 0. The lowest BCUT2D eigenvalue weighted by molar-refractivity contribution is -0.144. The second-order valence-corrected chi connectivity index (χ2v) is 15.6. The number of carbonyl (C=O) groups excluding carboxylic acids is 1. The Kier molecular flexibility index (Phi) is 33.4. The lowest BCUT2D eigenvalue weighted by Crippen LogP contribution is -2.09. The topological polar surface area (TPSA) is 26.3 Å². The van der Waals surface area contributed by atoms with Crippen LogP contribution in [0.5, 0.6) is 0 Å². The molecule has 0 bridgehead atoms. The second kappa shape index (κ2) is 33.8. The highest BCUT2D eigenvalue weighted by atomic mass is 16.5. The Morgan fingerprint density at radius 3 is 1.09 bits per heavy atom. The van der Waals surface area contributed by atoms with E-state index in [1.54, 1.807) is 0 Å². The standard InChI is InChI=1S/C42H84O2/c1-7-8-9-10-11-12-13-14-15-16-17-18-19-20-21-22-23-24-25-35-42(43)44-37-36-41(6)34-28-33-40(5)32-27-31-39(4)30-26-29-38(2)3/h38-41H,7-37H2,1-6H3. The van der Waals surface area contributed by atoms with Crippen molar-refractivity contribution in [1.82, 2.24) is 0 Å². The Morgan fingerprint density at radius 1 is 0.409 bits per heavy atom. The summed E-state index contributed by atoms with van der Waals surface area (Å²) < 4.78 is 5.55. The third-order valence-corrected chi connectivity index (χ3v) is 10.1. The van der Waals surface area contributed by atoms with Gasteiger partial charge in [0, 0.05) is 6.42 Å². The predicted molar refractivity (Wildman–Crippen MR) is 197 cm³/mol. The monoisotopic (exact) mass is 621 g/mol. The minimum absolute atomic E-state index is 0.0243. The van der Waals surface area contributed by atoms with Crippen LogP contribution in [0.25, 0.3) is 0 Å². The van der Waals surface area contributed by atoms with E-state index in [4.69, 9.17) is 4.74 Å². The maximum Gasteiger partial charge on any atom is 0.305 e. The van der Waals surface area contributed by atoms with E-state index in [0.29, 0.717) is 18.9 Å². The molecule has 0 N–H and O–H groups in total. The second-order valence-electron chi connectivity index (χ2n) is 15.6. The van der Waals surface area contributed by atoms with Gasteiger partial charge in [-0.25, -0.2) is 0 Å². The van der Waals surface area contributed by atoms with Crippen LogP contribution in [0.15, 0.2) is 0 Å². The molecular formula is C42H84O2. The van der Waals surface area contributed by atoms with E-state index in [1.807, 2.05) is 0 Å². The molecular weight excluding hydrogens is 536 g/mol. The maximum atomic E-state index is 12.1. The van der Waals surface area contributed by atoms with Gasteiger partial charge in [-0.1, -0.05) is 215 Å². The van der Waals surface area contributed by atoms with Crippen LogP contribution >= 0.6 is 0 Å². The fraction of sp³-hybridized carbons (Fsp3) is 0.976. The number of rotatable bonds is 35. The number of hydrogen-bond acceptors (Lipinski definition) is 2. The molecule has 44 heavy (non-hydrogen) atoms. The molecule has 2 heteroatoms. The Labute approximate surface area is 279 Å². The molecule has 0 amide bonds. The van der Waals surface area contributed by atoms with Crippen molar-refractivity contribution in [3.8, 4) is 0 Å². The molecule has 0 aliphatic heterocycles. The lowest BCUT2D eigenvalue weighted by atomic mass is 9.91. The van der Waals surface area contributed by atoms with E-state index < -0.39 is 0 Å². The molecule has 0 rings (SSSR count). The summed E-state index contributed by atoms with van der Waals surface area (Å²) in [6.45, 7) is 14.8. The van der Waals surface area contributed by atoms with Crippen LogP contribution < -0.4 is 0 Å². The third kappa shape index (κ3) is 34.3. The summed E-state index contributed by atoms with van der Waals surface area (Å²) in [6.07, 6.45) is 40.2. The summed E-state index contributed by atoms with van der Waals surface area (Å²) in [4.78, 5) is 12.1. The fourth-order valence-electron chi connectivity index (χ4n) is 6.73. The summed E-state index contributed by atoms with van der Waals surface area (Å²) in [6, 6.07) is 0. The smallest absolute Gasteiger partial charge is 0.305 e. The first-order chi connectivity index (χ1) is 21.3. The number of ether oxygens (including phenoxy) is 1. The van der Waals surface area contributed by atoms with Crippen LogP contribution in [0, 0.1) is 23.7 Å². The molecule has 0 aliphatic carbocycles. The molecule has 0 aromatic carbocycles. The number of unbranched alkanes of at least 4 members (excludes halogenated alkanes) is 18. The fourth-order valence-corrected chi connectivity index (χ4v) is 6.73. The Hall–Kier alpha value is -0.530. The van der Waals surface area contributed by atoms with E-state index in [9.17, 15) is 4.79 Å². The van der Waals surface area contributed by atoms with Gasteiger partial charge in [0.05, 0.1) is 6.61 Å². The highest BCUT2D eigenvalue weighted by Gasteiger charge is 2.09. The molecule has 0 aromatic rings. The van der Waals surface area contributed by atoms with Crippen LogP contribution in [0.4, 0.5) is 0 Å². The summed E-state index contributed by atoms with van der Waals surface area (Å²) >= 11 is 0. The summed E-state index contributed by atoms with van der Waals surface area (Å²) in [5.41, 5.74) is 0. The Bertz CT molecular complexity index is 570. The molecule has 0 fully saturated rings. The first-order valence-electron chi connectivity index (χ1n) is 20.5. The number of hydrogen-bond donors (Lipinski definition) is 0. The molecule has 0 saturated heterocycles. The lowest BCUT2D eigenvalue weighted by Gasteiger charge is -2.16. The van der Waals surface area contributed by atoms with Crippen LogP contribution in [0.2, 0.25) is 0 Å². The number of esters is 1. The minimum atomic E-state index is 0.0243. The van der Waals surface area contributed by atoms with E-state index >= 15 is 0 Å². The number of carbonyl (C=O) groups is 1. The predicted octanol–water partition coefficient (Wildman–Crippen LogP) is 14.8. The molecule has 264 valence electrons. The zero-order chi connectivity index (χ0) is 32.5. The molecule has 0 aromatic heterocycles. The van der Waals surface area contributed by atoms with Crippen LogP contribution in [-0.4, -0.2) is 12.6 Å². The van der Waals surface area contributed by atoms with Gasteiger partial charge in [0.25, 0.3) is 0 Å². The van der Waals surface area contributed by atoms with Crippen molar-refractivity contribution >= 4 is 5.97 Å². The molecule has 0 spiro atoms. The van der Waals surface area contributed by atoms with Gasteiger partial charge in [-0.2, -0.15) is 0 Å². The summed E-state index contributed by atoms with van der Waals surface area (Å²) in [7, 11) is 0. The van der Waals surface area contributed by atoms with Crippen LogP contribution in [0.3, 0.4) is 0 Å². The third-order valence-electron chi connectivity index (χ3n) is 10.1. The molecule has 2 nitrogen and oxygen atoms in total. The molecule has 0 radical (unpaired) electrons. The Morgan fingerprint density at radius 2 is 0.727 bits per heavy atom. The minimum Gasteiger partial charge on any atom is -0.466 e. The SMILES string of the molecule is CCCCCCCCCCCCCCCCCCCCCC(=O)OCCC(C)CCCC(C)CCCC(C)CCCC(C)C. The molecule has 3 atom stereocenters. The van der Waals surface area contributed by atoms with E-state index in [1.165, 1.54) is 173 Å². The van der Waals surface area contributed by atoms with Gasteiger partial charge in [0.2, 0.25) is 0 Å². The molecule has 3 unspecified atom stereocenters. The molecule has 0 heterocycles. The average Bonchev–Trinajstić information content (AvgIpc) is 2.98. The van der Waals surface area contributed by atoms with Crippen molar-refractivity contribution in [3.63, 3.8) is 0 Å². The van der Waals surface area contributed by atoms with Gasteiger partial charge >= 0.3 is 5.97 Å². The quantitative estimate of drug-likeness (QED) is 0.0520. The highest BCUT2D eigenvalue weighted by molar-refractivity contribution is 5.69. The van der Waals surface area contributed by atoms with Gasteiger partial charge in [0.1, 0.15) is 0 Å². The zero-order valence-electron chi connectivity index (χ0n) is 31.5. The Balaban J connectivity index is 3.39. The molecule has 0 aliphatic rings. The van der Waals surface area contributed by atoms with E-state index in [0.717, 1.165) is 30.6 Å². The van der Waals surface area contributed by atoms with E-state index in [2.05, 4.69) is 41.5 Å². The molecule has 0 saturated carbocycles. The van der Waals surface area contributed by atoms with Crippen molar-refractivity contribution in [1.29, 1.82) is 0 Å². The first-order valence-corrected chi connectivity index (χ1v) is 20.5. The zero-order valence-corrected chi connectivity index (χ0v) is 31.5. The van der Waals surface area contributed by atoms with E-state index in [-0.39, 0.29) is 5.97 Å². The van der Waals surface area contributed by atoms with Gasteiger partial charge in [-0.3, -0.25) is 4.79 Å². The first kappa shape index (κ1) is 43.5. The van der Waals surface area contributed by atoms with Crippen molar-refractivity contribution in [2.24, 2.45) is 23.7 Å². The van der Waals surface area contributed by atoms with Crippen LogP contribution in [-0.2, 0) is 9.53 Å². The largest absolute Gasteiger partial charge is 0.466 e. The average molecular weight is 621 g/mol. The van der Waals surface area contributed by atoms with Gasteiger partial charge in [0.15, 0.2) is 0 Å². The maximum absolute atomic E-state index is 12.1. The van der Waals surface area contributed by atoms with Crippen molar-refractivity contribution in [2.75, 3.05) is 6.61 Å². The van der Waals surface area contributed by atoms with Crippen LogP contribution in [0.1, 0.15) is 234 Å². The summed E-state index contributed by atoms with van der Waals surface area (Å²) in [5.74, 6) is 3.28. The van der Waals surface area contributed by atoms with Crippen molar-refractivity contribution in [2.45, 2.75) is 234 Å².